The molecule has 2 heterocycles. The molecular formula is C21H21N5O2. The molecule has 0 aliphatic heterocycles. The standard InChI is InChI=1S/C21H21N5O2/c1-24-19-18(20(27)25(2)21(24)28)26(14-23-19)13-12-22-17-11-7-6-10-16(17)15-8-4-3-5-9-15/h3-11,14,22H,12-13H2,1-2H3. The second-order valence-electron chi connectivity index (χ2n) is 6.65. The van der Waals surface area contributed by atoms with Gasteiger partial charge >= 0.3 is 5.69 Å². The van der Waals surface area contributed by atoms with E-state index in [9.17, 15) is 9.59 Å². The van der Waals surface area contributed by atoms with Crippen LogP contribution in [0.5, 0.6) is 0 Å². The van der Waals surface area contributed by atoms with Gasteiger partial charge in [-0.15, -0.1) is 0 Å². The van der Waals surface area contributed by atoms with Gasteiger partial charge < -0.3 is 9.88 Å². The molecule has 4 aromatic rings. The highest BCUT2D eigenvalue weighted by molar-refractivity contribution is 5.77. The number of nitrogens with one attached hydrogen (secondary N) is 1. The molecule has 0 atom stereocenters. The molecule has 0 amide bonds. The lowest BCUT2D eigenvalue weighted by Crippen LogP contribution is -2.37. The molecule has 2 aromatic carbocycles. The molecule has 0 radical (unpaired) electrons. The van der Waals surface area contributed by atoms with Crippen molar-refractivity contribution in [1.82, 2.24) is 18.7 Å². The largest absolute Gasteiger partial charge is 0.383 e. The molecule has 1 N–H and O–H groups in total. The van der Waals surface area contributed by atoms with Gasteiger partial charge in [0.05, 0.1) is 6.33 Å². The highest BCUT2D eigenvalue weighted by Gasteiger charge is 2.14. The van der Waals surface area contributed by atoms with E-state index < -0.39 is 0 Å². The van der Waals surface area contributed by atoms with Crippen molar-refractivity contribution < 1.29 is 0 Å². The van der Waals surface area contributed by atoms with Gasteiger partial charge in [0.1, 0.15) is 0 Å². The highest BCUT2D eigenvalue weighted by Crippen LogP contribution is 2.27. The van der Waals surface area contributed by atoms with Gasteiger partial charge in [0.2, 0.25) is 0 Å². The molecule has 7 heteroatoms. The molecular weight excluding hydrogens is 354 g/mol. The van der Waals surface area contributed by atoms with Crippen LogP contribution < -0.4 is 16.6 Å². The van der Waals surface area contributed by atoms with Crippen molar-refractivity contribution in [2.45, 2.75) is 6.54 Å². The number of aryl methyl sites for hydroxylation is 1. The van der Waals surface area contributed by atoms with E-state index >= 15 is 0 Å². The predicted octanol–water partition coefficient (Wildman–Crippen LogP) is 2.21. The van der Waals surface area contributed by atoms with Gasteiger partial charge in [-0.3, -0.25) is 13.9 Å². The van der Waals surface area contributed by atoms with Crippen molar-refractivity contribution in [2.75, 3.05) is 11.9 Å². The fourth-order valence-corrected chi connectivity index (χ4v) is 3.38. The Labute approximate surface area is 161 Å². The van der Waals surface area contributed by atoms with Crippen LogP contribution in [0.15, 0.2) is 70.5 Å². The molecule has 4 rings (SSSR count). The van der Waals surface area contributed by atoms with Gasteiger partial charge in [-0.1, -0.05) is 48.5 Å². The Hall–Kier alpha value is -3.61. The molecule has 7 nitrogen and oxygen atoms in total. The Morgan fingerprint density at radius 1 is 0.929 bits per heavy atom. The average Bonchev–Trinajstić information content (AvgIpc) is 3.16. The van der Waals surface area contributed by atoms with Crippen molar-refractivity contribution in [2.24, 2.45) is 14.1 Å². The van der Waals surface area contributed by atoms with Crippen LogP contribution in [-0.2, 0) is 20.6 Å². The number of imidazole rings is 1. The number of anilines is 1. The lowest BCUT2D eigenvalue weighted by Gasteiger charge is -2.13. The van der Waals surface area contributed by atoms with E-state index in [1.165, 1.54) is 11.6 Å². The number of aromatic nitrogens is 4. The number of fused-ring (bicyclic) bond motifs is 1. The third-order valence-corrected chi connectivity index (χ3v) is 4.90. The van der Waals surface area contributed by atoms with Crippen LogP contribution in [-0.4, -0.2) is 25.2 Å². The SMILES string of the molecule is Cn1c(=O)c2c(ncn2CCNc2ccccc2-c2ccccc2)n(C)c1=O. The molecule has 0 saturated heterocycles. The Balaban J connectivity index is 1.60. The average molecular weight is 375 g/mol. The summed E-state index contributed by atoms with van der Waals surface area (Å²) in [6.45, 7) is 1.16. The van der Waals surface area contributed by atoms with Crippen LogP contribution in [0.4, 0.5) is 5.69 Å². The Kier molecular flexibility index (Phi) is 4.57. The van der Waals surface area contributed by atoms with E-state index in [4.69, 9.17) is 0 Å². The van der Waals surface area contributed by atoms with Crippen LogP contribution in [0.3, 0.4) is 0 Å². The van der Waals surface area contributed by atoms with Gasteiger partial charge in [0, 0.05) is 38.4 Å². The molecule has 0 fully saturated rings. The maximum absolute atomic E-state index is 12.5. The topological polar surface area (TPSA) is 73.8 Å². The van der Waals surface area contributed by atoms with Crippen molar-refractivity contribution in [3.05, 3.63) is 81.8 Å². The van der Waals surface area contributed by atoms with Gasteiger partial charge in [-0.25, -0.2) is 9.78 Å². The summed E-state index contributed by atoms with van der Waals surface area (Å²) in [5, 5.41) is 3.45. The van der Waals surface area contributed by atoms with Crippen LogP contribution in [0.25, 0.3) is 22.3 Å². The molecule has 0 aliphatic rings. The second kappa shape index (κ2) is 7.19. The monoisotopic (exact) mass is 375 g/mol. The first-order chi connectivity index (χ1) is 13.6. The smallest absolute Gasteiger partial charge is 0.332 e. The zero-order chi connectivity index (χ0) is 19.7. The minimum atomic E-state index is -0.377. The lowest BCUT2D eigenvalue weighted by atomic mass is 10.0. The summed E-state index contributed by atoms with van der Waals surface area (Å²) < 4.78 is 4.29. The van der Waals surface area contributed by atoms with Gasteiger partial charge in [0.15, 0.2) is 11.2 Å². The van der Waals surface area contributed by atoms with E-state index in [1.54, 1.807) is 17.9 Å². The number of rotatable bonds is 5. The molecule has 0 unspecified atom stereocenters. The first-order valence-corrected chi connectivity index (χ1v) is 9.07. The van der Waals surface area contributed by atoms with Gasteiger partial charge in [0.25, 0.3) is 5.56 Å². The number of nitrogens with zero attached hydrogens (tertiary/aromatic N) is 4. The minimum Gasteiger partial charge on any atom is -0.383 e. The summed E-state index contributed by atoms with van der Waals surface area (Å²) in [6, 6.07) is 18.3. The molecule has 142 valence electrons. The van der Waals surface area contributed by atoms with E-state index in [-0.39, 0.29) is 11.2 Å². The third-order valence-electron chi connectivity index (χ3n) is 4.90. The zero-order valence-electron chi connectivity index (χ0n) is 15.8. The quantitative estimate of drug-likeness (QED) is 0.580. The fraction of sp³-hybridized carbons (Fsp3) is 0.190. The van der Waals surface area contributed by atoms with Crippen molar-refractivity contribution >= 4 is 16.9 Å². The van der Waals surface area contributed by atoms with Crippen molar-refractivity contribution in [3.63, 3.8) is 0 Å². The van der Waals surface area contributed by atoms with E-state index in [0.29, 0.717) is 24.3 Å². The number of benzene rings is 2. The first-order valence-electron chi connectivity index (χ1n) is 9.07. The summed E-state index contributed by atoms with van der Waals surface area (Å²) in [7, 11) is 3.10. The van der Waals surface area contributed by atoms with Crippen LogP contribution in [0.2, 0.25) is 0 Å². The number of para-hydroxylation sites is 1. The van der Waals surface area contributed by atoms with Crippen LogP contribution >= 0.6 is 0 Å². The lowest BCUT2D eigenvalue weighted by molar-refractivity contribution is 0.695. The Bertz CT molecular complexity index is 1250. The van der Waals surface area contributed by atoms with Crippen LogP contribution in [0, 0.1) is 0 Å². The Morgan fingerprint density at radius 2 is 1.64 bits per heavy atom. The summed E-state index contributed by atoms with van der Waals surface area (Å²) in [4.78, 5) is 28.8. The van der Waals surface area contributed by atoms with E-state index in [0.717, 1.165) is 21.4 Å². The highest BCUT2D eigenvalue weighted by atomic mass is 16.2. The zero-order valence-corrected chi connectivity index (χ0v) is 15.8. The Morgan fingerprint density at radius 3 is 2.43 bits per heavy atom. The summed E-state index contributed by atoms with van der Waals surface area (Å²) in [5.74, 6) is 0. The number of hydrogen-bond donors (Lipinski definition) is 1. The maximum Gasteiger partial charge on any atom is 0.332 e. The number of hydrogen-bond acceptors (Lipinski definition) is 4. The second-order valence-corrected chi connectivity index (χ2v) is 6.65. The van der Waals surface area contributed by atoms with Crippen LogP contribution in [0.1, 0.15) is 0 Å². The van der Waals surface area contributed by atoms with E-state index in [2.05, 4.69) is 28.5 Å². The summed E-state index contributed by atoms with van der Waals surface area (Å²) >= 11 is 0. The molecule has 0 bridgehead atoms. The third kappa shape index (κ3) is 3.00. The maximum atomic E-state index is 12.5. The first kappa shape index (κ1) is 17.8. The molecule has 28 heavy (non-hydrogen) atoms. The minimum absolute atomic E-state index is 0.333. The summed E-state index contributed by atoms with van der Waals surface area (Å²) in [6.07, 6.45) is 1.61. The predicted molar refractivity (Wildman–Crippen MR) is 111 cm³/mol. The van der Waals surface area contributed by atoms with Gasteiger partial charge in [-0.2, -0.15) is 0 Å². The van der Waals surface area contributed by atoms with Gasteiger partial charge in [-0.05, 0) is 11.6 Å². The summed E-state index contributed by atoms with van der Waals surface area (Å²) in [5.41, 5.74) is 3.41. The molecule has 0 saturated carbocycles. The van der Waals surface area contributed by atoms with E-state index in [1.807, 2.05) is 36.4 Å². The van der Waals surface area contributed by atoms with Crippen molar-refractivity contribution in [3.8, 4) is 11.1 Å². The van der Waals surface area contributed by atoms with Crippen molar-refractivity contribution in [1.29, 1.82) is 0 Å². The normalized spacial score (nSPS) is 11.1. The fourth-order valence-electron chi connectivity index (χ4n) is 3.38. The molecule has 0 spiro atoms. The molecule has 0 aliphatic carbocycles. The molecule has 2 aromatic heterocycles.